The van der Waals surface area contributed by atoms with Crippen LogP contribution in [-0.4, -0.2) is 27.2 Å². The van der Waals surface area contributed by atoms with Gasteiger partial charge in [0.1, 0.15) is 5.82 Å². The Morgan fingerprint density at radius 3 is 2.46 bits per heavy atom. The van der Waals surface area contributed by atoms with E-state index in [-0.39, 0.29) is 0 Å². The zero-order chi connectivity index (χ0) is 9.84. The molecule has 0 aliphatic heterocycles. The summed E-state index contributed by atoms with van der Waals surface area (Å²) < 4.78 is 0. The van der Waals surface area contributed by atoms with Crippen LogP contribution in [0.5, 0.6) is 0 Å². The zero-order valence-corrected chi connectivity index (χ0v) is 9.14. The van der Waals surface area contributed by atoms with Crippen molar-refractivity contribution >= 4 is 17.7 Å². The number of thioether (sulfide) groups is 1. The lowest BCUT2D eigenvalue weighted by Gasteiger charge is -2.08. The van der Waals surface area contributed by atoms with Crippen molar-refractivity contribution in [2.24, 2.45) is 0 Å². The molecule has 5 heteroatoms. The number of nitrogens with zero attached hydrogens (tertiary/aromatic N) is 3. The van der Waals surface area contributed by atoms with Gasteiger partial charge < -0.3 is 5.32 Å². The van der Waals surface area contributed by atoms with Crippen molar-refractivity contribution in [3.8, 4) is 0 Å². The van der Waals surface area contributed by atoms with E-state index < -0.39 is 0 Å². The third-order valence-corrected chi connectivity index (χ3v) is 1.87. The molecule has 1 aromatic rings. The van der Waals surface area contributed by atoms with Gasteiger partial charge in [0, 0.05) is 6.04 Å². The molecule has 0 fully saturated rings. The van der Waals surface area contributed by atoms with E-state index in [1.165, 1.54) is 11.8 Å². The maximum atomic E-state index is 4.22. The van der Waals surface area contributed by atoms with Gasteiger partial charge in [-0.3, -0.25) is 0 Å². The topological polar surface area (TPSA) is 50.7 Å². The fraction of sp³-hybridized carbons (Fsp3) is 0.625. The molecule has 4 nitrogen and oxygen atoms in total. The average Bonchev–Trinajstić information content (AvgIpc) is 2.01. The third kappa shape index (κ3) is 3.18. The van der Waals surface area contributed by atoms with Crippen LogP contribution < -0.4 is 5.32 Å². The van der Waals surface area contributed by atoms with Gasteiger partial charge in [-0.2, -0.15) is 9.97 Å². The Hall–Kier alpha value is -0.840. The number of rotatable bonds is 3. The van der Waals surface area contributed by atoms with Crippen LogP contribution in [0.15, 0.2) is 5.16 Å². The molecule has 72 valence electrons. The molecule has 1 N–H and O–H groups in total. The normalized spacial score (nSPS) is 10.5. The summed E-state index contributed by atoms with van der Waals surface area (Å²) in [6.07, 6.45) is 1.95. The fourth-order valence-electron chi connectivity index (χ4n) is 0.871. The fourth-order valence-corrected chi connectivity index (χ4v) is 1.27. The molecule has 0 unspecified atom stereocenters. The van der Waals surface area contributed by atoms with Crippen molar-refractivity contribution in [2.75, 3.05) is 11.6 Å². The van der Waals surface area contributed by atoms with E-state index in [1.54, 1.807) is 0 Å². The quantitative estimate of drug-likeness (QED) is 0.749. The summed E-state index contributed by atoms with van der Waals surface area (Å²) in [6, 6.07) is 0.344. The highest BCUT2D eigenvalue weighted by Gasteiger charge is 2.03. The maximum Gasteiger partial charge on any atom is 0.227 e. The maximum absolute atomic E-state index is 4.22. The molecule has 0 radical (unpaired) electrons. The van der Waals surface area contributed by atoms with E-state index in [9.17, 15) is 0 Å². The van der Waals surface area contributed by atoms with Gasteiger partial charge in [0.15, 0.2) is 5.16 Å². The molecule has 0 saturated heterocycles. The first-order chi connectivity index (χ1) is 6.11. The molecule has 0 bridgehead atoms. The minimum absolute atomic E-state index is 0.344. The van der Waals surface area contributed by atoms with E-state index in [2.05, 4.69) is 34.1 Å². The van der Waals surface area contributed by atoms with Gasteiger partial charge in [0.05, 0.1) is 0 Å². The second kappa shape index (κ2) is 4.41. The Kier molecular flexibility index (Phi) is 3.48. The van der Waals surface area contributed by atoms with Crippen LogP contribution in [0.2, 0.25) is 0 Å². The van der Waals surface area contributed by atoms with Crippen LogP contribution in [0, 0.1) is 6.92 Å². The van der Waals surface area contributed by atoms with Crippen LogP contribution in [0.25, 0.3) is 0 Å². The minimum atomic E-state index is 0.344. The van der Waals surface area contributed by atoms with Crippen LogP contribution in [-0.2, 0) is 0 Å². The standard InChI is InChI=1S/C8H14N4S/c1-5(2)9-7-10-6(3)11-8(12-7)13-4/h5H,1-4H3,(H,9,10,11,12). The van der Waals surface area contributed by atoms with Crippen LogP contribution in [0.1, 0.15) is 19.7 Å². The third-order valence-electron chi connectivity index (χ3n) is 1.33. The summed E-state index contributed by atoms with van der Waals surface area (Å²) in [6.45, 7) is 5.97. The molecular weight excluding hydrogens is 184 g/mol. The highest BCUT2D eigenvalue weighted by atomic mass is 32.2. The highest BCUT2D eigenvalue weighted by Crippen LogP contribution is 2.10. The lowest BCUT2D eigenvalue weighted by atomic mass is 10.4. The van der Waals surface area contributed by atoms with Crippen molar-refractivity contribution in [1.82, 2.24) is 15.0 Å². The SMILES string of the molecule is CSc1nc(C)nc(NC(C)C)n1. The minimum Gasteiger partial charge on any atom is -0.352 e. The number of hydrogen-bond acceptors (Lipinski definition) is 5. The first kappa shape index (κ1) is 10.2. The Morgan fingerprint density at radius 2 is 1.92 bits per heavy atom. The van der Waals surface area contributed by atoms with Gasteiger partial charge in [-0.15, -0.1) is 0 Å². The molecule has 0 aliphatic carbocycles. The largest absolute Gasteiger partial charge is 0.352 e. The molecule has 0 aromatic carbocycles. The van der Waals surface area contributed by atoms with E-state index in [4.69, 9.17) is 0 Å². The summed E-state index contributed by atoms with van der Waals surface area (Å²) in [5.74, 6) is 1.41. The number of nitrogens with one attached hydrogen (secondary N) is 1. The Balaban J connectivity index is 2.88. The smallest absolute Gasteiger partial charge is 0.227 e. The number of anilines is 1. The Labute approximate surface area is 82.6 Å². The van der Waals surface area contributed by atoms with Crippen LogP contribution in [0.4, 0.5) is 5.95 Å². The molecule has 0 saturated carbocycles. The van der Waals surface area contributed by atoms with Gasteiger partial charge in [-0.05, 0) is 27.0 Å². The van der Waals surface area contributed by atoms with E-state index >= 15 is 0 Å². The molecule has 1 aromatic heterocycles. The molecule has 13 heavy (non-hydrogen) atoms. The Bertz CT molecular complexity index is 287. The molecule has 0 spiro atoms. The summed E-state index contributed by atoms with van der Waals surface area (Å²) >= 11 is 1.52. The predicted molar refractivity (Wildman–Crippen MR) is 55.1 cm³/mol. The number of hydrogen-bond donors (Lipinski definition) is 1. The molecule has 0 atom stereocenters. The van der Waals surface area contributed by atoms with Gasteiger partial charge >= 0.3 is 0 Å². The van der Waals surface area contributed by atoms with Crippen LogP contribution in [0.3, 0.4) is 0 Å². The van der Waals surface area contributed by atoms with Crippen molar-refractivity contribution in [3.63, 3.8) is 0 Å². The number of aromatic nitrogens is 3. The second-order valence-electron chi connectivity index (χ2n) is 2.99. The van der Waals surface area contributed by atoms with Crippen molar-refractivity contribution in [1.29, 1.82) is 0 Å². The van der Waals surface area contributed by atoms with Gasteiger partial charge in [0.25, 0.3) is 0 Å². The second-order valence-corrected chi connectivity index (χ2v) is 3.77. The molecule has 0 amide bonds. The number of aryl methyl sites for hydroxylation is 1. The van der Waals surface area contributed by atoms with Crippen LogP contribution >= 0.6 is 11.8 Å². The van der Waals surface area contributed by atoms with Crippen molar-refractivity contribution < 1.29 is 0 Å². The molecule has 0 aliphatic rings. The van der Waals surface area contributed by atoms with E-state index in [0.717, 1.165) is 11.0 Å². The summed E-state index contributed by atoms with van der Waals surface area (Å²) in [5.41, 5.74) is 0. The van der Waals surface area contributed by atoms with Crippen molar-refractivity contribution in [2.45, 2.75) is 32.0 Å². The van der Waals surface area contributed by atoms with Gasteiger partial charge in [-0.25, -0.2) is 4.98 Å². The molecule has 1 heterocycles. The monoisotopic (exact) mass is 198 g/mol. The molecule has 1 rings (SSSR count). The molecular formula is C8H14N4S. The lowest BCUT2D eigenvalue weighted by Crippen LogP contribution is -2.13. The van der Waals surface area contributed by atoms with E-state index in [1.807, 2.05) is 13.2 Å². The predicted octanol–water partition coefficient (Wildman–Crippen LogP) is 1.72. The Morgan fingerprint density at radius 1 is 1.23 bits per heavy atom. The average molecular weight is 198 g/mol. The van der Waals surface area contributed by atoms with E-state index in [0.29, 0.717) is 12.0 Å². The summed E-state index contributed by atoms with van der Waals surface area (Å²) in [5, 5.41) is 3.90. The van der Waals surface area contributed by atoms with Gasteiger partial charge in [-0.1, -0.05) is 11.8 Å². The summed E-state index contributed by atoms with van der Waals surface area (Å²) in [4.78, 5) is 12.6. The van der Waals surface area contributed by atoms with Crippen molar-refractivity contribution in [3.05, 3.63) is 5.82 Å². The first-order valence-electron chi connectivity index (χ1n) is 4.15. The lowest BCUT2D eigenvalue weighted by molar-refractivity contribution is 0.815. The first-order valence-corrected chi connectivity index (χ1v) is 5.37. The highest BCUT2D eigenvalue weighted by molar-refractivity contribution is 7.98. The van der Waals surface area contributed by atoms with Gasteiger partial charge in [0.2, 0.25) is 5.95 Å². The zero-order valence-electron chi connectivity index (χ0n) is 8.33. The summed E-state index contributed by atoms with van der Waals surface area (Å²) in [7, 11) is 0.